The molecule has 0 aromatic carbocycles. The number of halogens is 1. The Balaban J connectivity index is 2.22. The first-order valence-electron chi connectivity index (χ1n) is 6.44. The summed E-state index contributed by atoms with van der Waals surface area (Å²) in [5.74, 6) is 0.877. The number of nitrogens with two attached hydrogens (primary N) is 1. The van der Waals surface area contributed by atoms with Crippen molar-refractivity contribution in [3.05, 3.63) is 29.2 Å². The molecular formula is C13H16ClN5OS. The molecule has 0 aliphatic rings. The van der Waals surface area contributed by atoms with Crippen LogP contribution in [-0.2, 0) is 6.61 Å². The molecule has 2 heterocycles. The Morgan fingerprint density at radius 1 is 1.43 bits per heavy atom. The molecule has 0 atom stereocenters. The predicted octanol–water partition coefficient (Wildman–Crippen LogP) is 2.57. The summed E-state index contributed by atoms with van der Waals surface area (Å²) in [6.07, 6.45) is 4.19. The zero-order valence-corrected chi connectivity index (χ0v) is 13.1. The second kappa shape index (κ2) is 7.44. The van der Waals surface area contributed by atoms with Crippen LogP contribution in [0, 0.1) is 0 Å². The molecule has 0 fully saturated rings. The van der Waals surface area contributed by atoms with Crippen LogP contribution in [0.15, 0.2) is 28.4 Å². The molecule has 0 amide bonds. The van der Waals surface area contributed by atoms with Crippen molar-refractivity contribution in [2.45, 2.75) is 29.9 Å². The lowest BCUT2D eigenvalue weighted by Crippen LogP contribution is -2.07. The fourth-order valence-corrected chi connectivity index (χ4v) is 2.63. The molecule has 112 valence electrons. The minimum Gasteiger partial charge on any atom is -0.390 e. The number of nitrogens with one attached hydrogen (secondary N) is 1. The van der Waals surface area contributed by atoms with Crippen LogP contribution >= 0.6 is 23.4 Å². The van der Waals surface area contributed by atoms with E-state index in [1.165, 1.54) is 11.8 Å². The molecule has 8 heteroatoms. The highest BCUT2D eigenvalue weighted by Gasteiger charge is 2.11. The van der Waals surface area contributed by atoms with Gasteiger partial charge in [-0.15, -0.1) is 0 Å². The van der Waals surface area contributed by atoms with Crippen LogP contribution in [0.5, 0.6) is 0 Å². The molecule has 2 aromatic rings. The van der Waals surface area contributed by atoms with Crippen LogP contribution in [0.25, 0.3) is 0 Å². The van der Waals surface area contributed by atoms with Gasteiger partial charge >= 0.3 is 0 Å². The van der Waals surface area contributed by atoms with E-state index in [0.717, 1.165) is 17.9 Å². The number of aromatic nitrogens is 3. The number of pyridine rings is 1. The number of hydrogen-bond acceptors (Lipinski definition) is 7. The van der Waals surface area contributed by atoms with E-state index in [9.17, 15) is 5.11 Å². The quantitative estimate of drug-likeness (QED) is 0.751. The summed E-state index contributed by atoms with van der Waals surface area (Å²) in [6, 6.07) is 1.76. The van der Waals surface area contributed by atoms with Gasteiger partial charge in [0, 0.05) is 17.6 Å². The topological polar surface area (TPSA) is 97.0 Å². The third-order valence-corrected chi connectivity index (χ3v) is 4.09. The third kappa shape index (κ3) is 3.96. The molecule has 2 aromatic heterocycles. The smallest absolute Gasteiger partial charge is 0.150 e. The molecule has 0 unspecified atom stereocenters. The zero-order chi connectivity index (χ0) is 15.2. The van der Waals surface area contributed by atoms with Gasteiger partial charge in [0.25, 0.3) is 0 Å². The van der Waals surface area contributed by atoms with Crippen molar-refractivity contribution in [2.75, 3.05) is 17.6 Å². The molecule has 0 aliphatic carbocycles. The molecule has 0 bridgehead atoms. The Morgan fingerprint density at radius 2 is 2.24 bits per heavy atom. The monoisotopic (exact) mass is 325 g/mol. The first-order valence-corrected chi connectivity index (χ1v) is 7.63. The van der Waals surface area contributed by atoms with Gasteiger partial charge in [0.15, 0.2) is 0 Å². The maximum Gasteiger partial charge on any atom is 0.150 e. The summed E-state index contributed by atoms with van der Waals surface area (Å²) in [6.45, 7) is 2.65. The van der Waals surface area contributed by atoms with Crippen molar-refractivity contribution >= 4 is 35.0 Å². The SMILES string of the molecule is CCCNc1ncc(Sc2ccnc(N)c2Cl)nc1CO. The maximum absolute atomic E-state index is 9.40. The summed E-state index contributed by atoms with van der Waals surface area (Å²) in [4.78, 5) is 13.3. The third-order valence-electron chi connectivity index (χ3n) is 2.61. The normalized spacial score (nSPS) is 10.6. The lowest BCUT2D eigenvalue weighted by atomic mass is 10.4. The van der Waals surface area contributed by atoms with Crippen molar-refractivity contribution in [1.82, 2.24) is 15.0 Å². The summed E-state index contributed by atoms with van der Waals surface area (Å²) in [7, 11) is 0. The van der Waals surface area contributed by atoms with Crippen molar-refractivity contribution in [3.8, 4) is 0 Å². The van der Waals surface area contributed by atoms with E-state index in [-0.39, 0.29) is 12.4 Å². The van der Waals surface area contributed by atoms with Gasteiger partial charge < -0.3 is 16.2 Å². The van der Waals surface area contributed by atoms with Crippen molar-refractivity contribution in [2.24, 2.45) is 0 Å². The Hall–Kier alpha value is -1.57. The molecule has 0 radical (unpaired) electrons. The lowest BCUT2D eigenvalue weighted by Gasteiger charge is -2.10. The predicted molar refractivity (Wildman–Crippen MR) is 84.5 cm³/mol. The molecular weight excluding hydrogens is 310 g/mol. The highest BCUT2D eigenvalue weighted by Crippen LogP contribution is 2.34. The standard InChI is InChI=1S/C13H16ClN5OS/c1-2-4-17-13-8(7-20)19-10(6-18-13)21-9-3-5-16-12(15)11(9)14/h3,5-6,20H,2,4,7H2,1H3,(H2,15,16)(H,17,18). The molecule has 0 saturated heterocycles. The van der Waals surface area contributed by atoms with Gasteiger partial charge in [-0.05, 0) is 12.5 Å². The molecule has 6 nitrogen and oxygen atoms in total. The number of nitrogens with zero attached hydrogens (tertiary/aromatic N) is 3. The maximum atomic E-state index is 9.40. The summed E-state index contributed by atoms with van der Waals surface area (Å²) < 4.78 is 0. The first kappa shape index (κ1) is 15.8. The van der Waals surface area contributed by atoms with Crippen LogP contribution in [0.4, 0.5) is 11.6 Å². The summed E-state index contributed by atoms with van der Waals surface area (Å²) >= 11 is 7.42. The Morgan fingerprint density at radius 3 is 2.95 bits per heavy atom. The van der Waals surface area contributed by atoms with Crippen LogP contribution in [0.3, 0.4) is 0 Å². The average Bonchev–Trinajstić information content (AvgIpc) is 2.50. The van der Waals surface area contributed by atoms with Crippen molar-refractivity contribution in [3.63, 3.8) is 0 Å². The lowest BCUT2D eigenvalue weighted by molar-refractivity contribution is 0.276. The van der Waals surface area contributed by atoms with E-state index >= 15 is 0 Å². The number of aliphatic hydroxyl groups excluding tert-OH is 1. The van der Waals surface area contributed by atoms with Crippen LogP contribution < -0.4 is 11.1 Å². The number of nitrogen functional groups attached to an aromatic ring is 1. The van der Waals surface area contributed by atoms with E-state index in [1.807, 2.05) is 0 Å². The van der Waals surface area contributed by atoms with Gasteiger partial charge in [-0.2, -0.15) is 0 Å². The molecule has 2 rings (SSSR count). The minimum absolute atomic E-state index is 0.181. The molecule has 21 heavy (non-hydrogen) atoms. The minimum atomic E-state index is -0.181. The van der Waals surface area contributed by atoms with Gasteiger partial charge in [-0.3, -0.25) is 0 Å². The second-order valence-electron chi connectivity index (χ2n) is 4.20. The number of hydrogen-bond donors (Lipinski definition) is 3. The van der Waals surface area contributed by atoms with Gasteiger partial charge in [-0.1, -0.05) is 30.3 Å². The Labute approximate surface area is 132 Å². The van der Waals surface area contributed by atoms with E-state index in [4.69, 9.17) is 17.3 Å². The molecule has 0 spiro atoms. The van der Waals surface area contributed by atoms with Gasteiger partial charge in [0.05, 0.1) is 17.8 Å². The van der Waals surface area contributed by atoms with E-state index in [1.54, 1.807) is 18.5 Å². The van der Waals surface area contributed by atoms with E-state index < -0.39 is 0 Å². The van der Waals surface area contributed by atoms with Crippen molar-refractivity contribution in [1.29, 1.82) is 0 Å². The average molecular weight is 326 g/mol. The number of anilines is 2. The highest BCUT2D eigenvalue weighted by molar-refractivity contribution is 7.99. The Kier molecular flexibility index (Phi) is 5.60. The second-order valence-corrected chi connectivity index (χ2v) is 5.64. The van der Waals surface area contributed by atoms with Gasteiger partial charge in [-0.25, -0.2) is 15.0 Å². The molecule has 4 N–H and O–H groups in total. The van der Waals surface area contributed by atoms with Crippen LogP contribution in [-0.4, -0.2) is 26.6 Å². The van der Waals surface area contributed by atoms with Crippen LogP contribution in [0.1, 0.15) is 19.0 Å². The Bertz CT molecular complexity index is 626. The largest absolute Gasteiger partial charge is 0.390 e. The fourth-order valence-electron chi connectivity index (χ4n) is 1.59. The van der Waals surface area contributed by atoms with E-state index in [0.29, 0.717) is 21.6 Å². The summed E-state index contributed by atoms with van der Waals surface area (Å²) in [5.41, 5.74) is 6.17. The van der Waals surface area contributed by atoms with Crippen molar-refractivity contribution < 1.29 is 5.11 Å². The summed E-state index contributed by atoms with van der Waals surface area (Å²) in [5, 5.41) is 13.6. The van der Waals surface area contributed by atoms with Gasteiger partial charge in [0.1, 0.15) is 22.4 Å². The fraction of sp³-hybridized carbons (Fsp3) is 0.308. The zero-order valence-electron chi connectivity index (χ0n) is 11.5. The molecule has 0 saturated carbocycles. The number of aliphatic hydroxyl groups is 1. The van der Waals surface area contributed by atoms with E-state index in [2.05, 4.69) is 27.2 Å². The van der Waals surface area contributed by atoms with Gasteiger partial charge in [0.2, 0.25) is 0 Å². The van der Waals surface area contributed by atoms with Crippen LogP contribution in [0.2, 0.25) is 5.02 Å². The first-order chi connectivity index (χ1) is 10.2. The number of rotatable bonds is 6. The highest BCUT2D eigenvalue weighted by atomic mass is 35.5. The molecule has 0 aliphatic heterocycles.